The molecule has 6 rings (SSSR count). The first-order chi connectivity index (χ1) is 16.1. The van der Waals surface area contributed by atoms with Gasteiger partial charge in [-0.25, -0.2) is 4.98 Å². The third kappa shape index (κ3) is 3.55. The Bertz CT molecular complexity index is 1370. The molecule has 8 nitrogen and oxygen atoms in total. The van der Waals surface area contributed by atoms with Gasteiger partial charge in [0.05, 0.1) is 27.8 Å². The fourth-order valence-corrected chi connectivity index (χ4v) is 6.07. The van der Waals surface area contributed by atoms with E-state index in [9.17, 15) is 4.79 Å². The second-order valence-corrected chi connectivity index (χ2v) is 10.1. The van der Waals surface area contributed by atoms with Gasteiger partial charge in [-0.3, -0.25) is 4.79 Å². The van der Waals surface area contributed by atoms with E-state index in [0.29, 0.717) is 17.1 Å². The number of benzene rings is 1. The first-order valence-corrected chi connectivity index (χ1v) is 12.6. The van der Waals surface area contributed by atoms with Crippen molar-refractivity contribution in [3.05, 3.63) is 33.9 Å². The maximum atomic E-state index is 13.0. The van der Waals surface area contributed by atoms with Crippen LogP contribution in [-0.4, -0.2) is 66.2 Å². The minimum atomic E-state index is -0.203. The molecule has 2 fully saturated rings. The van der Waals surface area contributed by atoms with Gasteiger partial charge in [0.25, 0.3) is 5.56 Å². The number of hydrogen-bond donors (Lipinski definition) is 3. The van der Waals surface area contributed by atoms with Crippen LogP contribution in [0.2, 0.25) is 0 Å². The molecule has 1 aromatic carbocycles. The van der Waals surface area contributed by atoms with Gasteiger partial charge in [-0.1, -0.05) is 0 Å². The summed E-state index contributed by atoms with van der Waals surface area (Å²) in [4.78, 5) is 32.2. The number of nitrogens with two attached hydrogens (primary N) is 1. The van der Waals surface area contributed by atoms with Crippen LogP contribution in [-0.2, 0) is 0 Å². The second kappa shape index (κ2) is 8.07. The lowest BCUT2D eigenvalue weighted by molar-refractivity contribution is 0.313. The first-order valence-electron chi connectivity index (χ1n) is 11.7. The number of rotatable bonds is 3. The number of nitrogen functional groups attached to an aromatic ring is 1. The van der Waals surface area contributed by atoms with E-state index in [1.165, 1.54) is 24.9 Å². The smallest absolute Gasteiger partial charge is 0.262 e. The second-order valence-electron chi connectivity index (χ2n) is 9.19. The van der Waals surface area contributed by atoms with Crippen LogP contribution in [0.15, 0.2) is 28.4 Å². The number of hydrogen-bond acceptors (Lipinski definition) is 7. The van der Waals surface area contributed by atoms with E-state index in [-0.39, 0.29) is 5.56 Å². The van der Waals surface area contributed by atoms with Crippen molar-refractivity contribution in [2.45, 2.75) is 19.3 Å². The van der Waals surface area contributed by atoms with Gasteiger partial charge in [-0.2, -0.15) is 0 Å². The Morgan fingerprint density at radius 2 is 1.79 bits per heavy atom. The molecule has 2 saturated heterocycles. The highest BCUT2D eigenvalue weighted by atomic mass is 32.1. The number of nitrogens with zero attached hydrogens (tertiary/aromatic N) is 4. The molecule has 0 atom stereocenters. The minimum absolute atomic E-state index is 0.203. The molecule has 33 heavy (non-hydrogen) atoms. The third-order valence-electron chi connectivity index (χ3n) is 7.03. The molecule has 0 bridgehead atoms. The number of aromatic nitrogens is 3. The van der Waals surface area contributed by atoms with Crippen LogP contribution in [0, 0.1) is 0 Å². The van der Waals surface area contributed by atoms with Gasteiger partial charge in [-0.15, -0.1) is 11.3 Å². The summed E-state index contributed by atoms with van der Waals surface area (Å²) in [7, 11) is 2.16. The Kier molecular flexibility index (Phi) is 5.03. The fraction of sp³-hybridized carbons (Fsp3) is 0.417. The van der Waals surface area contributed by atoms with Gasteiger partial charge in [0.15, 0.2) is 0 Å². The summed E-state index contributed by atoms with van der Waals surface area (Å²) in [5.41, 5.74) is 11.5. The van der Waals surface area contributed by atoms with Crippen molar-refractivity contribution in [1.29, 1.82) is 0 Å². The Morgan fingerprint density at radius 1 is 1.00 bits per heavy atom. The summed E-state index contributed by atoms with van der Waals surface area (Å²) in [5.74, 6) is 0.525. The third-order valence-corrected chi connectivity index (χ3v) is 7.91. The zero-order valence-electron chi connectivity index (χ0n) is 18.9. The Balaban J connectivity index is 1.42. The fourth-order valence-electron chi connectivity index (χ4n) is 5.09. The van der Waals surface area contributed by atoms with Crippen LogP contribution in [0.4, 0.5) is 17.1 Å². The molecule has 0 saturated carbocycles. The van der Waals surface area contributed by atoms with E-state index in [1.54, 1.807) is 11.3 Å². The molecular formula is C24H29N7OS. The quantitative estimate of drug-likeness (QED) is 0.431. The van der Waals surface area contributed by atoms with Crippen LogP contribution in [0.25, 0.3) is 32.6 Å². The van der Waals surface area contributed by atoms with Crippen molar-refractivity contribution in [3.8, 4) is 11.4 Å². The number of piperidine rings is 1. The van der Waals surface area contributed by atoms with Gasteiger partial charge >= 0.3 is 0 Å². The number of nitrogens with one attached hydrogen (secondary N) is 2. The number of pyridine rings is 1. The van der Waals surface area contributed by atoms with Crippen molar-refractivity contribution in [2.24, 2.45) is 0 Å². The molecule has 0 unspecified atom stereocenters. The van der Waals surface area contributed by atoms with Gasteiger partial charge in [-0.05, 0) is 44.5 Å². The lowest BCUT2D eigenvalue weighted by Gasteiger charge is -2.34. The Morgan fingerprint density at radius 3 is 2.58 bits per heavy atom. The van der Waals surface area contributed by atoms with Crippen molar-refractivity contribution in [1.82, 2.24) is 19.9 Å². The summed E-state index contributed by atoms with van der Waals surface area (Å²) in [6.45, 7) is 6.17. The molecule has 0 radical (unpaired) electrons. The minimum Gasteiger partial charge on any atom is -0.397 e. The number of likely N-dealkylation sites (N-methyl/N-ethyl adjacent to an activating group) is 1. The Labute approximate surface area is 196 Å². The summed E-state index contributed by atoms with van der Waals surface area (Å²) in [5, 5.41) is 3.06. The molecule has 2 aliphatic heterocycles. The lowest BCUT2D eigenvalue weighted by atomic mass is 10.1. The standard InChI is InChI=1S/C24H29N7OS/c1-29-9-11-30(12-10-29)15-5-6-16-17(13-15)27-22(26-16)20-21(25)19-18(31-7-3-2-4-8-31)14-33-24(19)28-23(20)32/h5-6,13-14H,2-4,7-12H2,1H3,(H,26,27)(H3,25,28,32). The summed E-state index contributed by atoms with van der Waals surface area (Å²) < 4.78 is 0. The number of thiophene rings is 1. The Hall–Kier alpha value is -3.04. The number of fused-ring (bicyclic) bond motifs is 2. The molecule has 5 heterocycles. The lowest BCUT2D eigenvalue weighted by Crippen LogP contribution is -2.44. The maximum absolute atomic E-state index is 13.0. The van der Waals surface area contributed by atoms with Gasteiger partial charge in [0.2, 0.25) is 0 Å². The van der Waals surface area contributed by atoms with Crippen LogP contribution >= 0.6 is 11.3 Å². The molecule has 4 aromatic rings. The average Bonchev–Trinajstić information content (AvgIpc) is 3.44. The van der Waals surface area contributed by atoms with E-state index in [2.05, 4.69) is 49.2 Å². The maximum Gasteiger partial charge on any atom is 0.262 e. The van der Waals surface area contributed by atoms with Crippen LogP contribution in [0.5, 0.6) is 0 Å². The topological polar surface area (TPSA) is 97.3 Å². The molecule has 0 spiro atoms. The van der Waals surface area contributed by atoms with Crippen LogP contribution in [0.3, 0.4) is 0 Å². The number of H-pyrrole nitrogens is 2. The van der Waals surface area contributed by atoms with Gasteiger partial charge < -0.3 is 30.4 Å². The zero-order valence-corrected chi connectivity index (χ0v) is 19.7. The van der Waals surface area contributed by atoms with E-state index in [0.717, 1.165) is 66.2 Å². The van der Waals surface area contributed by atoms with E-state index < -0.39 is 0 Å². The monoisotopic (exact) mass is 463 g/mol. The summed E-state index contributed by atoms with van der Waals surface area (Å²) >= 11 is 1.55. The van der Waals surface area contributed by atoms with Crippen LogP contribution < -0.4 is 21.1 Å². The number of anilines is 3. The largest absolute Gasteiger partial charge is 0.397 e. The molecule has 172 valence electrons. The number of piperazine rings is 1. The van der Waals surface area contributed by atoms with Crippen molar-refractivity contribution < 1.29 is 0 Å². The molecule has 4 N–H and O–H groups in total. The average molecular weight is 464 g/mol. The van der Waals surface area contributed by atoms with Gasteiger partial charge in [0.1, 0.15) is 16.2 Å². The number of aromatic amines is 2. The highest BCUT2D eigenvalue weighted by molar-refractivity contribution is 7.17. The van der Waals surface area contributed by atoms with Crippen molar-refractivity contribution >= 4 is 49.6 Å². The molecule has 2 aliphatic rings. The summed E-state index contributed by atoms with van der Waals surface area (Å²) in [6.07, 6.45) is 3.64. The highest BCUT2D eigenvalue weighted by Gasteiger charge is 2.23. The molecule has 0 aliphatic carbocycles. The predicted octanol–water partition coefficient (Wildman–Crippen LogP) is 3.46. The normalized spacial score (nSPS) is 18.0. The molecule has 9 heteroatoms. The highest BCUT2D eigenvalue weighted by Crippen LogP contribution is 2.39. The SMILES string of the molecule is CN1CCN(c2ccc3nc(-c4c(N)c5c(N6CCCCC6)csc5[nH]c4=O)[nH]c3c2)CC1. The van der Waals surface area contributed by atoms with E-state index in [1.807, 2.05) is 6.07 Å². The predicted molar refractivity (Wildman–Crippen MR) is 138 cm³/mol. The molecular weight excluding hydrogens is 434 g/mol. The van der Waals surface area contributed by atoms with Crippen molar-refractivity contribution in [3.63, 3.8) is 0 Å². The van der Waals surface area contributed by atoms with Crippen LogP contribution in [0.1, 0.15) is 19.3 Å². The van der Waals surface area contributed by atoms with Crippen molar-refractivity contribution in [2.75, 3.05) is 61.8 Å². The van der Waals surface area contributed by atoms with E-state index in [4.69, 9.17) is 10.7 Å². The van der Waals surface area contributed by atoms with E-state index >= 15 is 0 Å². The first kappa shape index (κ1) is 20.6. The van der Waals surface area contributed by atoms with Gasteiger partial charge in [0, 0.05) is 50.3 Å². The summed E-state index contributed by atoms with van der Waals surface area (Å²) in [6, 6.07) is 6.27. The zero-order chi connectivity index (χ0) is 22.5. The molecule has 0 amide bonds. The number of imidazole rings is 1. The molecule has 3 aromatic heterocycles.